The number of ether oxygens (including phenoxy) is 1. The Morgan fingerprint density at radius 1 is 1.35 bits per heavy atom. The molecule has 5 heteroatoms. The van der Waals surface area contributed by atoms with Gasteiger partial charge in [0.2, 0.25) is 0 Å². The zero-order chi connectivity index (χ0) is 14.5. The number of aromatic nitrogens is 1. The Balaban J connectivity index is 2.86. The summed E-state index contributed by atoms with van der Waals surface area (Å²) in [7, 11) is 3.18. The number of nitrogens with zero attached hydrogens (tertiary/aromatic N) is 2. The smallest absolute Gasteiger partial charge is 0.256 e. The predicted octanol–water partition coefficient (Wildman–Crippen LogP) is 2.17. The minimum atomic E-state index is -0.197. The fourth-order valence-corrected chi connectivity index (χ4v) is 2.03. The second kappa shape index (κ2) is 5.97. The highest BCUT2D eigenvalue weighted by molar-refractivity contribution is 6.39. The molecule has 2 rings (SSSR count). The van der Waals surface area contributed by atoms with Crippen molar-refractivity contribution >= 4 is 22.7 Å². The van der Waals surface area contributed by atoms with Gasteiger partial charge in [0.25, 0.3) is 5.56 Å². The van der Waals surface area contributed by atoms with Crippen LogP contribution in [0.5, 0.6) is 5.75 Å². The molecule has 1 aromatic carbocycles. The highest BCUT2D eigenvalue weighted by atomic mass is 16.5. The molecule has 20 heavy (non-hydrogen) atoms. The van der Waals surface area contributed by atoms with Gasteiger partial charge in [0.1, 0.15) is 11.4 Å². The Hall–Kier alpha value is -2.69. The second-order valence-corrected chi connectivity index (χ2v) is 3.99. The fourth-order valence-electron chi connectivity index (χ4n) is 2.03. The number of hydrogen-bond donors (Lipinski definition) is 1. The summed E-state index contributed by atoms with van der Waals surface area (Å²) in [5.41, 5.74) is 0.779. The van der Waals surface area contributed by atoms with Crippen molar-refractivity contribution < 1.29 is 4.74 Å². The van der Waals surface area contributed by atoms with Gasteiger partial charge in [-0.3, -0.25) is 14.8 Å². The molecule has 0 aliphatic heterocycles. The average molecular weight is 269 g/mol. The minimum Gasteiger partial charge on any atom is -0.494 e. The lowest BCUT2D eigenvalue weighted by Gasteiger charge is -2.11. The minimum absolute atomic E-state index is 0.197. The third kappa shape index (κ3) is 2.38. The molecule has 0 atom stereocenters. The molecule has 0 aliphatic carbocycles. The van der Waals surface area contributed by atoms with Crippen LogP contribution in [0.2, 0.25) is 0 Å². The molecule has 0 spiro atoms. The maximum absolute atomic E-state index is 12.1. The van der Waals surface area contributed by atoms with E-state index in [0.717, 1.165) is 5.39 Å². The van der Waals surface area contributed by atoms with Gasteiger partial charge < -0.3 is 9.72 Å². The van der Waals surface area contributed by atoms with Crippen molar-refractivity contribution in [3.63, 3.8) is 0 Å². The summed E-state index contributed by atoms with van der Waals surface area (Å²) in [6.07, 6.45) is 2.94. The predicted molar refractivity (Wildman–Crippen MR) is 82.3 cm³/mol. The number of methoxy groups -OCH3 is 1. The van der Waals surface area contributed by atoms with E-state index in [1.165, 1.54) is 6.20 Å². The molecule has 1 heterocycles. The van der Waals surface area contributed by atoms with E-state index in [2.05, 4.69) is 21.5 Å². The van der Waals surface area contributed by atoms with Gasteiger partial charge in [-0.2, -0.15) is 0 Å². The monoisotopic (exact) mass is 269 g/mol. The largest absolute Gasteiger partial charge is 0.494 e. The van der Waals surface area contributed by atoms with Gasteiger partial charge in [-0.05, 0) is 6.07 Å². The maximum Gasteiger partial charge on any atom is 0.256 e. The molecule has 1 N–H and O–H groups in total. The quantitative estimate of drug-likeness (QED) is 0.864. The maximum atomic E-state index is 12.1. The van der Waals surface area contributed by atoms with Crippen LogP contribution >= 0.6 is 0 Å². The zero-order valence-corrected chi connectivity index (χ0v) is 11.4. The summed E-state index contributed by atoms with van der Waals surface area (Å²) in [4.78, 5) is 23.0. The van der Waals surface area contributed by atoms with Crippen LogP contribution in [0.25, 0.3) is 10.8 Å². The van der Waals surface area contributed by atoms with Crippen molar-refractivity contribution in [2.45, 2.75) is 0 Å². The van der Waals surface area contributed by atoms with E-state index in [1.54, 1.807) is 26.4 Å². The van der Waals surface area contributed by atoms with Gasteiger partial charge in [0.15, 0.2) is 5.75 Å². The number of hydrogen-bond acceptors (Lipinski definition) is 4. The molecular weight excluding hydrogens is 254 g/mol. The van der Waals surface area contributed by atoms with Crippen molar-refractivity contribution in [2.24, 2.45) is 9.98 Å². The average Bonchev–Trinajstić information content (AvgIpc) is 2.47. The van der Waals surface area contributed by atoms with Crippen molar-refractivity contribution in [3.8, 4) is 5.75 Å². The molecule has 0 unspecified atom stereocenters. The summed E-state index contributed by atoms with van der Waals surface area (Å²) in [6, 6.07) is 7.25. The molecule has 0 fully saturated rings. The van der Waals surface area contributed by atoms with Crippen molar-refractivity contribution in [2.75, 3.05) is 14.2 Å². The van der Waals surface area contributed by atoms with E-state index in [-0.39, 0.29) is 5.56 Å². The van der Waals surface area contributed by atoms with Crippen LogP contribution in [0.4, 0.5) is 0 Å². The summed E-state index contributed by atoms with van der Waals surface area (Å²) < 4.78 is 5.44. The van der Waals surface area contributed by atoms with E-state index in [4.69, 9.17) is 4.74 Å². The van der Waals surface area contributed by atoms with Crippen LogP contribution in [0.1, 0.15) is 5.69 Å². The lowest BCUT2D eigenvalue weighted by Crippen LogP contribution is -2.16. The summed E-state index contributed by atoms with van der Waals surface area (Å²) >= 11 is 0. The van der Waals surface area contributed by atoms with Crippen LogP contribution in [0.15, 0.2) is 51.8 Å². The van der Waals surface area contributed by atoms with Crippen molar-refractivity contribution in [1.29, 1.82) is 0 Å². The molecule has 102 valence electrons. The Bertz CT molecular complexity index is 757. The normalized spacial score (nSPS) is 12.0. The molecule has 0 saturated heterocycles. The molecule has 0 saturated carbocycles. The third-order valence-corrected chi connectivity index (χ3v) is 2.82. The first-order valence-electron chi connectivity index (χ1n) is 6.03. The Labute approximate surface area is 116 Å². The molecule has 0 radical (unpaired) electrons. The Morgan fingerprint density at radius 3 is 2.65 bits per heavy atom. The lowest BCUT2D eigenvalue weighted by molar-refractivity contribution is 0.417. The Morgan fingerprint density at radius 2 is 2.05 bits per heavy atom. The first-order valence-corrected chi connectivity index (χ1v) is 6.03. The number of benzene rings is 1. The first kappa shape index (κ1) is 13.7. The van der Waals surface area contributed by atoms with Gasteiger partial charge in [0.05, 0.1) is 12.5 Å². The number of aromatic amines is 1. The second-order valence-electron chi connectivity index (χ2n) is 3.99. The van der Waals surface area contributed by atoms with Gasteiger partial charge in [-0.15, -0.1) is 0 Å². The van der Waals surface area contributed by atoms with E-state index in [9.17, 15) is 4.79 Å². The number of H-pyrrole nitrogens is 1. The van der Waals surface area contributed by atoms with Gasteiger partial charge in [0, 0.05) is 24.8 Å². The highest BCUT2D eigenvalue weighted by Crippen LogP contribution is 2.26. The van der Waals surface area contributed by atoms with E-state index in [0.29, 0.717) is 22.5 Å². The highest BCUT2D eigenvalue weighted by Gasteiger charge is 2.15. The van der Waals surface area contributed by atoms with Gasteiger partial charge >= 0.3 is 0 Å². The molecule has 1 aromatic heterocycles. The summed E-state index contributed by atoms with van der Waals surface area (Å²) in [6.45, 7) is 3.57. The fraction of sp³-hybridized carbons (Fsp3) is 0.133. The van der Waals surface area contributed by atoms with E-state index < -0.39 is 0 Å². The number of pyridine rings is 1. The standard InChI is InChI=1S/C15H15N3O2/c1-4-17-12(9-16-2)13-14(20-3)10-7-5-6-8-11(10)15(19)18-13/h4-9H,1H2,2-3H3,(H,18,19). The number of fused-ring (bicyclic) bond motifs is 1. The number of aliphatic imine (C=N–C) groups is 2. The van der Waals surface area contributed by atoms with Gasteiger partial charge in [-0.25, -0.2) is 0 Å². The summed E-state index contributed by atoms with van der Waals surface area (Å²) in [5.74, 6) is 0.556. The van der Waals surface area contributed by atoms with Crippen molar-refractivity contribution in [3.05, 3.63) is 53.1 Å². The summed E-state index contributed by atoms with van der Waals surface area (Å²) in [5, 5.41) is 1.30. The zero-order valence-electron chi connectivity index (χ0n) is 11.4. The first-order chi connectivity index (χ1) is 9.72. The van der Waals surface area contributed by atoms with Gasteiger partial charge in [-0.1, -0.05) is 24.8 Å². The molecule has 0 aliphatic rings. The van der Waals surface area contributed by atoms with E-state index in [1.807, 2.05) is 18.2 Å². The molecular formula is C15H15N3O2. The Kier molecular flexibility index (Phi) is 4.10. The lowest BCUT2D eigenvalue weighted by atomic mass is 10.1. The topological polar surface area (TPSA) is 66.8 Å². The van der Waals surface area contributed by atoms with Crippen molar-refractivity contribution in [1.82, 2.24) is 4.98 Å². The number of rotatable bonds is 4. The van der Waals surface area contributed by atoms with Crippen LogP contribution in [-0.4, -0.2) is 31.1 Å². The van der Waals surface area contributed by atoms with Crippen LogP contribution in [0.3, 0.4) is 0 Å². The number of nitrogens with one attached hydrogen (secondary N) is 1. The van der Waals surface area contributed by atoms with Crippen LogP contribution in [0, 0.1) is 0 Å². The van der Waals surface area contributed by atoms with Crippen LogP contribution < -0.4 is 10.3 Å². The van der Waals surface area contributed by atoms with E-state index >= 15 is 0 Å². The molecule has 5 nitrogen and oxygen atoms in total. The SMILES string of the molecule is C=CN=C(C=NC)c1[nH]c(=O)c2ccccc2c1OC. The molecule has 0 amide bonds. The molecule has 0 bridgehead atoms. The third-order valence-electron chi connectivity index (χ3n) is 2.82. The molecule has 2 aromatic rings. The van der Waals surface area contributed by atoms with Crippen LogP contribution in [-0.2, 0) is 0 Å².